The molecule has 0 saturated heterocycles. The van der Waals surface area contributed by atoms with Crippen molar-refractivity contribution in [1.29, 1.82) is 0 Å². The summed E-state index contributed by atoms with van der Waals surface area (Å²) in [4.78, 5) is 26.5. The highest BCUT2D eigenvalue weighted by molar-refractivity contribution is 6.02. The van der Waals surface area contributed by atoms with Crippen molar-refractivity contribution in [1.82, 2.24) is 9.55 Å². The Kier molecular flexibility index (Phi) is 3.09. The number of carboxylic acids is 1. The molecule has 0 aliphatic rings. The minimum absolute atomic E-state index is 0.118. The zero-order chi connectivity index (χ0) is 13.1. The Morgan fingerprint density at radius 3 is 2.78 bits per heavy atom. The van der Waals surface area contributed by atoms with E-state index in [1.807, 2.05) is 0 Å². The number of nitrogens with one attached hydrogen (secondary N) is 1. The number of nitrogens with zero attached hydrogens (tertiary/aromatic N) is 2. The predicted molar refractivity (Wildman–Crippen MR) is 64.6 cm³/mol. The first-order valence-electron chi connectivity index (χ1n) is 5.20. The van der Waals surface area contributed by atoms with Crippen LogP contribution in [0.4, 0.5) is 5.69 Å². The fourth-order valence-corrected chi connectivity index (χ4v) is 1.50. The average molecular weight is 245 g/mol. The summed E-state index contributed by atoms with van der Waals surface area (Å²) < 4.78 is 1.58. The molecule has 0 bridgehead atoms. The van der Waals surface area contributed by atoms with Crippen LogP contribution in [0, 0.1) is 0 Å². The van der Waals surface area contributed by atoms with Crippen molar-refractivity contribution in [2.45, 2.75) is 0 Å². The number of anilines is 1. The third-order valence-corrected chi connectivity index (χ3v) is 2.39. The largest absolute Gasteiger partial charge is 0.478 e. The molecular formula is C12H11N3O3. The quantitative estimate of drug-likeness (QED) is 0.855. The lowest BCUT2D eigenvalue weighted by atomic mass is 10.2. The van der Waals surface area contributed by atoms with Crippen molar-refractivity contribution in [3.8, 4) is 0 Å². The van der Waals surface area contributed by atoms with Crippen molar-refractivity contribution in [2.24, 2.45) is 7.05 Å². The first-order valence-corrected chi connectivity index (χ1v) is 5.20. The van der Waals surface area contributed by atoms with Crippen LogP contribution < -0.4 is 5.32 Å². The van der Waals surface area contributed by atoms with Gasteiger partial charge in [-0.3, -0.25) is 4.79 Å². The van der Waals surface area contributed by atoms with Crippen LogP contribution >= 0.6 is 0 Å². The number of hydrogen-bond acceptors (Lipinski definition) is 3. The second kappa shape index (κ2) is 4.70. The number of imidazole rings is 1. The summed E-state index contributed by atoms with van der Waals surface area (Å²) in [6.07, 6.45) is 3.17. The zero-order valence-electron chi connectivity index (χ0n) is 9.62. The van der Waals surface area contributed by atoms with Crippen molar-refractivity contribution in [2.75, 3.05) is 5.32 Å². The van der Waals surface area contributed by atoms with Crippen molar-refractivity contribution in [3.63, 3.8) is 0 Å². The van der Waals surface area contributed by atoms with E-state index >= 15 is 0 Å². The summed E-state index contributed by atoms with van der Waals surface area (Å²) in [5.41, 5.74) is 0.538. The topological polar surface area (TPSA) is 84.2 Å². The number of carbonyl (C=O) groups is 2. The first kappa shape index (κ1) is 11.8. The summed E-state index contributed by atoms with van der Waals surface area (Å²) in [6.45, 7) is 0. The van der Waals surface area contributed by atoms with Crippen LogP contribution in [0.2, 0.25) is 0 Å². The van der Waals surface area contributed by atoms with E-state index in [1.54, 1.807) is 29.9 Å². The summed E-state index contributed by atoms with van der Waals surface area (Å²) >= 11 is 0. The van der Waals surface area contributed by atoms with Gasteiger partial charge in [-0.1, -0.05) is 6.07 Å². The highest BCUT2D eigenvalue weighted by Gasteiger charge is 2.11. The molecule has 1 amide bonds. The monoisotopic (exact) mass is 245 g/mol. The molecule has 2 N–H and O–H groups in total. The third-order valence-electron chi connectivity index (χ3n) is 2.39. The van der Waals surface area contributed by atoms with E-state index in [4.69, 9.17) is 5.11 Å². The third kappa shape index (κ3) is 2.37. The molecular weight excluding hydrogens is 234 g/mol. The summed E-state index contributed by atoms with van der Waals surface area (Å²) in [5, 5.41) is 11.4. The molecule has 0 spiro atoms. The lowest BCUT2D eigenvalue weighted by Crippen LogP contribution is -2.17. The first-order chi connectivity index (χ1) is 8.58. The van der Waals surface area contributed by atoms with E-state index in [0.29, 0.717) is 5.69 Å². The van der Waals surface area contributed by atoms with Gasteiger partial charge in [0.05, 0.1) is 5.56 Å². The Bertz CT molecular complexity index is 604. The second-order valence-corrected chi connectivity index (χ2v) is 3.70. The van der Waals surface area contributed by atoms with Crippen LogP contribution in [0.5, 0.6) is 0 Å². The molecule has 92 valence electrons. The van der Waals surface area contributed by atoms with Gasteiger partial charge in [0, 0.05) is 25.1 Å². The smallest absolute Gasteiger partial charge is 0.335 e. The van der Waals surface area contributed by atoms with Crippen LogP contribution in [0.25, 0.3) is 0 Å². The number of rotatable bonds is 3. The molecule has 1 aromatic heterocycles. The summed E-state index contributed by atoms with van der Waals surface area (Å²) in [7, 11) is 1.70. The van der Waals surface area contributed by atoms with Gasteiger partial charge in [-0.15, -0.1) is 0 Å². The minimum Gasteiger partial charge on any atom is -0.478 e. The fourth-order valence-electron chi connectivity index (χ4n) is 1.50. The number of aromatic carboxylic acids is 1. The SMILES string of the molecule is Cn1ccnc1C(=O)Nc1cccc(C(=O)O)c1. The van der Waals surface area contributed by atoms with Crippen LogP contribution in [-0.2, 0) is 7.05 Å². The summed E-state index contributed by atoms with van der Waals surface area (Å²) in [5.74, 6) is -1.16. The number of hydrogen-bond donors (Lipinski definition) is 2. The highest BCUT2D eigenvalue weighted by atomic mass is 16.4. The average Bonchev–Trinajstić information content (AvgIpc) is 2.76. The molecule has 1 heterocycles. The van der Waals surface area contributed by atoms with E-state index in [9.17, 15) is 9.59 Å². The van der Waals surface area contributed by atoms with E-state index in [0.717, 1.165) is 0 Å². The lowest BCUT2D eigenvalue weighted by Gasteiger charge is -2.05. The Morgan fingerprint density at radius 2 is 2.17 bits per heavy atom. The van der Waals surface area contributed by atoms with Gasteiger partial charge in [0.1, 0.15) is 0 Å². The normalized spacial score (nSPS) is 10.1. The number of carbonyl (C=O) groups excluding carboxylic acids is 1. The molecule has 2 aromatic rings. The van der Waals surface area contributed by atoms with Crippen LogP contribution in [0.3, 0.4) is 0 Å². The van der Waals surface area contributed by atoms with E-state index < -0.39 is 5.97 Å². The molecule has 0 atom stereocenters. The van der Waals surface area contributed by atoms with Crippen molar-refractivity contribution in [3.05, 3.63) is 48.0 Å². The molecule has 6 nitrogen and oxygen atoms in total. The Labute approximate surface area is 103 Å². The number of aryl methyl sites for hydroxylation is 1. The van der Waals surface area contributed by atoms with E-state index in [-0.39, 0.29) is 17.3 Å². The van der Waals surface area contributed by atoms with Gasteiger partial charge >= 0.3 is 5.97 Å². The van der Waals surface area contributed by atoms with E-state index in [1.165, 1.54) is 18.3 Å². The molecule has 6 heteroatoms. The van der Waals surface area contributed by atoms with Crippen LogP contribution in [0.1, 0.15) is 21.0 Å². The standard InChI is InChI=1S/C12H11N3O3/c1-15-6-5-13-10(15)11(16)14-9-4-2-3-8(7-9)12(17)18/h2-7H,1H3,(H,14,16)(H,17,18). The highest BCUT2D eigenvalue weighted by Crippen LogP contribution is 2.11. The predicted octanol–water partition coefficient (Wildman–Crippen LogP) is 1.37. The molecule has 0 unspecified atom stereocenters. The van der Waals surface area contributed by atoms with Gasteiger partial charge < -0.3 is 15.0 Å². The summed E-state index contributed by atoms with van der Waals surface area (Å²) in [6, 6.07) is 6.03. The molecule has 2 rings (SSSR count). The van der Waals surface area contributed by atoms with Gasteiger partial charge in [-0.25, -0.2) is 9.78 Å². The van der Waals surface area contributed by atoms with Gasteiger partial charge in [-0.2, -0.15) is 0 Å². The van der Waals surface area contributed by atoms with Gasteiger partial charge in [0.25, 0.3) is 5.91 Å². The zero-order valence-corrected chi connectivity index (χ0v) is 9.62. The Hall–Kier alpha value is -2.63. The maximum absolute atomic E-state index is 11.8. The second-order valence-electron chi connectivity index (χ2n) is 3.70. The minimum atomic E-state index is -1.04. The molecule has 0 fully saturated rings. The van der Waals surface area contributed by atoms with Crippen molar-refractivity contribution < 1.29 is 14.7 Å². The van der Waals surface area contributed by atoms with Crippen molar-refractivity contribution >= 4 is 17.6 Å². The van der Waals surface area contributed by atoms with Gasteiger partial charge in [-0.05, 0) is 18.2 Å². The molecule has 0 aliphatic heterocycles. The molecule has 0 saturated carbocycles. The van der Waals surface area contributed by atoms with Crippen LogP contribution in [-0.4, -0.2) is 26.5 Å². The number of carboxylic acid groups (broad SMARTS) is 1. The lowest BCUT2D eigenvalue weighted by molar-refractivity contribution is 0.0696. The van der Waals surface area contributed by atoms with E-state index in [2.05, 4.69) is 10.3 Å². The maximum atomic E-state index is 11.8. The number of benzene rings is 1. The fraction of sp³-hybridized carbons (Fsp3) is 0.0833. The number of amides is 1. The molecule has 1 aromatic carbocycles. The molecule has 0 aliphatic carbocycles. The van der Waals surface area contributed by atoms with Gasteiger partial charge in [0.2, 0.25) is 0 Å². The molecule has 0 radical (unpaired) electrons. The Morgan fingerprint density at radius 1 is 1.39 bits per heavy atom. The van der Waals surface area contributed by atoms with Gasteiger partial charge in [0.15, 0.2) is 5.82 Å². The number of aromatic nitrogens is 2. The Balaban J connectivity index is 2.20. The maximum Gasteiger partial charge on any atom is 0.335 e. The molecule has 18 heavy (non-hydrogen) atoms. The van der Waals surface area contributed by atoms with Crippen LogP contribution in [0.15, 0.2) is 36.7 Å².